The van der Waals surface area contributed by atoms with Gasteiger partial charge in [-0.25, -0.2) is 4.79 Å². The van der Waals surface area contributed by atoms with Crippen LogP contribution in [-0.2, 0) is 4.79 Å². The first-order valence-corrected chi connectivity index (χ1v) is 7.48. The zero-order valence-electron chi connectivity index (χ0n) is 11.7. The largest absolute Gasteiger partial charge is 0.478 e. The average molecular weight is 352 g/mol. The molecule has 0 radical (unpaired) electrons. The van der Waals surface area contributed by atoms with Crippen molar-refractivity contribution in [1.29, 1.82) is 0 Å². The molecule has 1 N–H and O–H groups in total. The SMILES string of the molecule is O=C(O)[C@@H]1CN(C(=O)c2ccc(Cl)cc2Cl)c2ccccc2O1. The number of nitrogens with zero attached hydrogens (tertiary/aromatic N) is 1. The Kier molecular flexibility index (Phi) is 4.15. The highest BCUT2D eigenvalue weighted by Gasteiger charge is 2.34. The van der Waals surface area contributed by atoms with Crippen molar-refractivity contribution >= 4 is 40.8 Å². The van der Waals surface area contributed by atoms with Crippen molar-refractivity contribution in [2.75, 3.05) is 11.4 Å². The maximum atomic E-state index is 12.8. The van der Waals surface area contributed by atoms with Gasteiger partial charge in [-0.1, -0.05) is 35.3 Å². The highest BCUT2D eigenvalue weighted by molar-refractivity contribution is 6.37. The number of carbonyl (C=O) groups is 2. The van der Waals surface area contributed by atoms with Crippen molar-refractivity contribution in [3.8, 4) is 5.75 Å². The molecule has 0 fully saturated rings. The second-order valence-electron chi connectivity index (χ2n) is 4.95. The molecule has 0 aromatic heterocycles. The lowest BCUT2D eigenvalue weighted by atomic mass is 10.1. The lowest BCUT2D eigenvalue weighted by molar-refractivity contribution is -0.144. The van der Waals surface area contributed by atoms with Gasteiger partial charge in [-0.3, -0.25) is 4.79 Å². The molecule has 0 spiro atoms. The van der Waals surface area contributed by atoms with Crippen molar-refractivity contribution in [3.05, 3.63) is 58.1 Å². The number of fused-ring (bicyclic) bond motifs is 1. The first kappa shape index (κ1) is 15.6. The van der Waals surface area contributed by atoms with Gasteiger partial charge in [0.05, 0.1) is 22.8 Å². The van der Waals surface area contributed by atoms with Gasteiger partial charge in [-0.05, 0) is 30.3 Å². The zero-order chi connectivity index (χ0) is 16.6. The van der Waals surface area contributed by atoms with Gasteiger partial charge in [0.25, 0.3) is 5.91 Å². The predicted molar refractivity (Wildman–Crippen MR) is 86.6 cm³/mol. The lowest BCUT2D eigenvalue weighted by Gasteiger charge is -2.33. The van der Waals surface area contributed by atoms with Gasteiger partial charge >= 0.3 is 5.97 Å². The molecule has 0 aliphatic carbocycles. The standard InChI is InChI=1S/C16H11Cl2NO4/c17-9-5-6-10(11(18)7-9)15(20)19-8-14(16(21)22)23-13-4-2-1-3-12(13)19/h1-7,14H,8H2,(H,21,22)/t14-/m0/s1. The highest BCUT2D eigenvalue weighted by Crippen LogP contribution is 2.35. The van der Waals surface area contributed by atoms with Crippen LogP contribution in [-0.4, -0.2) is 29.6 Å². The summed E-state index contributed by atoms with van der Waals surface area (Å²) in [5.74, 6) is -1.21. The van der Waals surface area contributed by atoms with E-state index in [2.05, 4.69) is 0 Å². The number of benzene rings is 2. The van der Waals surface area contributed by atoms with E-state index in [9.17, 15) is 14.7 Å². The van der Waals surface area contributed by atoms with E-state index in [1.165, 1.54) is 17.0 Å². The molecule has 23 heavy (non-hydrogen) atoms. The molecular formula is C16H11Cl2NO4. The Bertz CT molecular complexity index is 793. The molecule has 1 atom stereocenters. The number of carboxylic acid groups (broad SMARTS) is 1. The number of amides is 1. The summed E-state index contributed by atoms with van der Waals surface area (Å²) in [5.41, 5.74) is 0.748. The van der Waals surface area contributed by atoms with Crippen LogP contribution in [0.15, 0.2) is 42.5 Å². The van der Waals surface area contributed by atoms with Gasteiger partial charge in [0.1, 0.15) is 5.75 Å². The fraction of sp³-hybridized carbons (Fsp3) is 0.125. The first-order valence-electron chi connectivity index (χ1n) is 6.73. The van der Waals surface area contributed by atoms with E-state index in [1.54, 1.807) is 30.3 Å². The Labute approximate surface area is 142 Å². The van der Waals surface area contributed by atoms with Gasteiger partial charge in [0, 0.05) is 5.02 Å². The highest BCUT2D eigenvalue weighted by atomic mass is 35.5. The molecule has 3 rings (SSSR count). The van der Waals surface area contributed by atoms with Crippen molar-refractivity contribution in [3.63, 3.8) is 0 Å². The Morgan fingerprint density at radius 3 is 2.61 bits per heavy atom. The van der Waals surface area contributed by atoms with E-state index < -0.39 is 18.0 Å². The van der Waals surface area contributed by atoms with Gasteiger partial charge < -0.3 is 14.7 Å². The Morgan fingerprint density at radius 1 is 1.17 bits per heavy atom. The third-order valence-corrected chi connectivity index (χ3v) is 4.00. The number of hydrogen-bond donors (Lipinski definition) is 1. The summed E-state index contributed by atoms with van der Waals surface area (Å²) >= 11 is 11.9. The van der Waals surface area contributed by atoms with Crippen molar-refractivity contribution in [1.82, 2.24) is 0 Å². The molecule has 2 aromatic carbocycles. The van der Waals surface area contributed by atoms with Gasteiger partial charge in [-0.15, -0.1) is 0 Å². The third kappa shape index (κ3) is 2.98. The van der Waals surface area contributed by atoms with Crippen LogP contribution in [0, 0.1) is 0 Å². The predicted octanol–water partition coefficient (Wildman–Crippen LogP) is 3.49. The molecular weight excluding hydrogens is 341 g/mol. The molecule has 0 saturated carbocycles. The number of carbonyl (C=O) groups excluding carboxylic acids is 1. The molecule has 1 aliphatic rings. The molecule has 1 heterocycles. The Morgan fingerprint density at radius 2 is 1.91 bits per heavy atom. The van der Waals surface area contributed by atoms with Gasteiger partial charge in [0.2, 0.25) is 6.10 Å². The summed E-state index contributed by atoms with van der Waals surface area (Å²) in [7, 11) is 0. The van der Waals surface area contributed by atoms with Gasteiger partial charge in [-0.2, -0.15) is 0 Å². The molecule has 7 heteroatoms. The number of rotatable bonds is 2. The molecule has 118 valence electrons. The van der Waals surface area contributed by atoms with Gasteiger partial charge in [0.15, 0.2) is 0 Å². The third-order valence-electron chi connectivity index (χ3n) is 3.46. The van der Waals surface area contributed by atoms with E-state index in [-0.39, 0.29) is 17.1 Å². The van der Waals surface area contributed by atoms with E-state index in [4.69, 9.17) is 27.9 Å². The number of ether oxygens (including phenoxy) is 1. The summed E-state index contributed by atoms with van der Waals surface area (Å²) in [4.78, 5) is 25.4. The molecule has 0 saturated heterocycles. The van der Waals surface area contributed by atoms with Crippen LogP contribution in [0.1, 0.15) is 10.4 Å². The minimum Gasteiger partial charge on any atom is -0.478 e. The Hall–Kier alpha value is -2.24. The number of aliphatic carboxylic acids is 1. The number of anilines is 1. The summed E-state index contributed by atoms with van der Waals surface area (Å²) < 4.78 is 5.41. The van der Waals surface area contributed by atoms with Crippen LogP contribution in [0.25, 0.3) is 0 Å². The van der Waals surface area contributed by atoms with Crippen molar-refractivity contribution in [2.45, 2.75) is 6.10 Å². The Balaban J connectivity index is 2.03. The smallest absolute Gasteiger partial charge is 0.346 e. The maximum Gasteiger partial charge on any atom is 0.346 e. The quantitative estimate of drug-likeness (QED) is 0.899. The molecule has 1 amide bonds. The van der Waals surface area contributed by atoms with Crippen molar-refractivity contribution < 1.29 is 19.4 Å². The van der Waals surface area contributed by atoms with Crippen LogP contribution in [0.2, 0.25) is 10.0 Å². The van der Waals surface area contributed by atoms with E-state index in [0.717, 1.165) is 0 Å². The number of carboxylic acids is 1. The minimum absolute atomic E-state index is 0.107. The topological polar surface area (TPSA) is 66.8 Å². The van der Waals surface area contributed by atoms with Crippen LogP contribution in [0.5, 0.6) is 5.75 Å². The van der Waals surface area contributed by atoms with Crippen molar-refractivity contribution in [2.24, 2.45) is 0 Å². The number of para-hydroxylation sites is 2. The summed E-state index contributed by atoms with van der Waals surface area (Å²) in [5, 5.41) is 9.84. The molecule has 1 aliphatic heterocycles. The first-order chi connectivity index (χ1) is 11.0. The fourth-order valence-electron chi connectivity index (χ4n) is 2.36. The average Bonchev–Trinajstić information content (AvgIpc) is 2.53. The van der Waals surface area contributed by atoms with E-state index >= 15 is 0 Å². The van der Waals surface area contributed by atoms with Crippen LogP contribution < -0.4 is 9.64 Å². The normalized spacial score (nSPS) is 16.4. The summed E-state index contributed by atoms with van der Waals surface area (Å²) in [6.45, 7) is -0.107. The number of halogens is 2. The van der Waals surface area contributed by atoms with E-state index in [1.807, 2.05) is 0 Å². The second-order valence-corrected chi connectivity index (χ2v) is 5.80. The van der Waals surface area contributed by atoms with Crippen LogP contribution >= 0.6 is 23.2 Å². The van der Waals surface area contributed by atoms with Crippen LogP contribution in [0.3, 0.4) is 0 Å². The lowest BCUT2D eigenvalue weighted by Crippen LogP contribution is -2.47. The summed E-state index contributed by atoms with van der Waals surface area (Å²) in [6, 6.07) is 11.3. The second kappa shape index (κ2) is 6.10. The molecule has 5 nitrogen and oxygen atoms in total. The molecule has 0 unspecified atom stereocenters. The fourth-order valence-corrected chi connectivity index (χ4v) is 2.85. The molecule has 0 bridgehead atoms. The maximum absolute atomic E-state index is 12.8. The van der Waals surface area contributed by atoms with E-state index in [0.29, 0.717) is 16.5 Å². The number of hydrogen-bond acceptors (Lipinski definition) is 3. The summed E-state index contributed by atoms with van der Waals surface area (Å²) in [6.07, 6.45) is -1.14. The monoisotopic (exact) mass is 351 g/mol. The minimum atomic E-state index is -1.14. The zero-order valence-corrected chi connectivity index (χ0v) is 13.2. The van der Waals surface area contributed by atoms with Crippen LogP contribution in [0.4, 0.5) is 5.69 Å². The molecule has 2 aromatic rings.